The lowest BCUT2D eigenvalue weighted by Crippen LogP contribution is -2.23. The average Bonchev–Trinajstić information content (AvgIpc) is 3.14. The second-order valence-corrected chi connectivity index (χ2v) is 6.11. The molecule has 2 heterocycles. The van der Waals surface area contributed by atoms with Gasteiger partial charge in [-0.3, -0.25) is 9.48 Å². The molecule has 0 bridgehead atoms. The highest BCUT2D eigenvalue weighted by molar-refractivity contribution is 6.36. The minimum Gasteiger partial charge on any atom is -0.355 e. The van der Waals surface area contributed by atoms with Crippen LogP contribution in [0.4, 0.5) is 0 Å². The number of hydrogen-bond acceptors (Lipinski definition) is 4. The van der Waals surface area contributed by atoms with Crippen molar-refractivity contribution < 1.29 is 9.32 Å². The molecule has 0 spiro atoms. The highest BCUT2D eigenvalue weighted by Crippen LogP contribution is 2.30. The van der Waals surface area contributed by atoms with E-state index in [2.05, 4.69) is 15.6 Å². The second-order valence-electron chi connectivity index (χ2n) is 5.26. The predicted octanol–water partition coefficient (Wildman–Crippen LogP) is 3.62. The van der Waals surface area contributed by atoms with Crippen molar-refractivity contribution in [2.45, 2.75) is 13.5 Å². The predicted molar refractivity (Wildman–Crippen MR) is 91.1 cm³/mol. The minimum absolute atomic E-state index is 0.178. The zero-order chi connectivity index (χ0) is 17.3. The van der Waals surface area contributed by atoms with Crippen LogP contribution in [-0.2, 0) is 13.6 Å². The zero-order valence-electron chi connectivity index (χ0n) is 13.0. The molecule has 8 heteroatoms. The number of hydrogen-bond donors (Lipinski definition) is 1. The summed E-state index contributed by atoms with van der Waals surface area (Å²) in [4.78, 5) is 12.2. The Morgan fingerprint density at radius 3 is 2.79 bits per heavy atom. The lowest BCUT2D eigenvalue weighted by atomic mass is 10.1. The Balaban J connectivity index is 1.73. The van der Waals surface area contributed by atoms with Crippen molar-refractivity contribution in [3.05, 3.63) is 57.5 Å². The van der Waals surface area contributed by atoms with E-state index in [4.69, 9.17) is 27.7 Å². The molecule has 1 aromatic carbocycles. The minimum atomic E-state index is -0.335. The van der Waals surface area contributed by atoms with Crippen molar-refractivity contribution in [3.8, 4) is 11.3 Å². The molecule has 0 atom stereocenters. The summed E-state index contributed by atoms with van der Waals surface area (Å²) in [6.45, 7) is 2.30. The molecule has 0 unspecified atom stereocenters. The van der Waals surface area contributed by atoms with Crippen molar-refractivity contribution in [1.29, 1.82) is 0 Å². The number of nitrogens with one attached hydrogen (secondary N) is 1. The monoisotopic (exact) mass is 364 g/mol. The Hall–Kier alpha value is -2.31. The smallest absolute Gasteiger partial charge is 0.273 e. The van der Waals surface area contributed by atoms with Gasteiger partial charge in [-0.05, 0) is 25.1 Å². The Labute approximate surface area is 148 Å². The fourth-order valence-electron chi connectivity index (χ4n) is 2.18. The fourth-order valence-corrected chi connectivity index (χ4v) is 2.68. The zero-order valence-corrected chi connectivity index (χ0v) is 14.5. The van der Waals surface area contributed by atoms with E-state index in [1.165, 1.54) is 0 Å². The molecule has 1 amide bonds. The number of carbonyl (C=O) groups is 1. The highest BCUT2D eigenvalue weighted by atomic mass is 35.5. The number of benzene rings is 1. The standard InChI is InChI=1S/C16H14Cl2N4O2/c1-9-10(8-20-22(9)2)7-19-16(23)14-6-15(24-21-14)12-4-3-11(17)5-13(12)18/h3-6,8H,7H2,1-2H3,(H,19,23). The van der Waals surface area contributed by atoms with Crippen LogP contribution < -0.4 is 5.32 Å². The third-order valence-corrected chi connectivity index (χ3v) is 4.26. The third-order valence-electron chi connectivity index (χ3n) is 3.72. The molecule has 0 saturated heterocycles. The molecular formula is C16H14Cl2N4O2. The number of amides is 1. The molecule has 2 aromatic heterocycles. The van der Waals surface area contributed by atoms with E-state index in [1.54, 1.807) is 35.1 Å². The van der Waals surface area contributed by atoms with Gasteiger partial charge >= 0.3 is 0 Å². The van der Waals surface area contributed by atoms with Gasteiger partial charge in [0, 0.05) is 41.5 Å². The number of carbonyl (C=O) groups excluding carboxylic acids is 1. The summed E-state index contributed by atoms with van der Waals surface area (Å²) in [5.74, 6) is 0.0673. The molecule has 0 radical (unpaired) electrons. The Bertz CT molecular complexity index is 901. The van der Waals surface area contributed by atoms with E-state index in [0.717, 1.165) is 11.3 Å². The van der Waals surface area contributed by atoms with Crippen LogP contribution in [0.5, 0.6) is 0 Å². The molecule has 0 saturated carbocycles. The van der Waals surface area contributed by atoms with Crippen molar-refractivity contribution in [2.75, 3.05) is 0 Å². The maximum atomic E-state index is 12.2. The SMILES string of the molecule is Cc1c(CNC(=O)c2cc(-c3ccc(Cl)cc3Cl)on2)cnn1C. The average molecular weight is 365 g/mol. The molecule has 0 aliphatic carbocycles. The first-order valence-electron chi connectivity index (χ1n) is 7.13. The summed E-state index contributed by atoms with van der Waals surface area (Å²) >= 11 is 12.0. The molecule has 0 fully saturated rings. The van der Waals surface area contributed by atoms with Gasteiger partial charge in [-0.2, -0.15) is 5.10 Å². The van der Waals surface area contributed by atoms with Crippen LogP contribution in [0.25, 0.3) is 11.3 Å². The Morgan fingerprint density at radius 2 is 2.12 bits per heavy atom. The van der Waals surface area contributed by atoms with Crippen LogP contribution in [0.3, 0.4) is 0 Å². The largest absolute Gasteiger partial charge is 0.355 e. The maximum absolute atomic E-state index is 12.2. The van der Waals surface area contributed by atoms with Gasteiger partial charge < -0.3 is 9.84 Å². The Morgan fingerprint density at radius 1 is 1.33 bits per heavy atom. The summed E-state index contributed by atoms with van der Waals surface area (Å²) < 4.78 is 6.97. The van der Waals surface area contributed by atoms with E-state index in [9.17, 15) is 4.79 Å². The molecule has 0 aliphatic rings. The molecule has 3 aromatic rings. The van der Waals surface area contributed by atoms with Crippen LogP contribution >= 0.6 is 23.2 Å². The van der Waals surface area contributed by atoms with Crippen LogP contribution in [0.15, 0.2) is 35.0 Å². The van der Waals surface area contributed by atoms with Crippen LogP contribution in [0, 0.1) is 6.92 Å². The Kier molecular flexibility index (Phi) is 4.59. The van der Waals surface area contributed by atoms with Crippen LogP contribution in [0.1, 0.15) is 21.7 Å². The number of rotatable bonds is 4. The summed E-state index contributed by atoms with van der Waals surface area (Å²) in [5.41, 5.74) is 2.73. The number of nitrogens with zero attached hydrogens (tertiary/aromatic N) is 3. The number of aromatic nitrogens is 3. The molecule has 1 N–H and O–H groups in total. The quantitative estimate of drug-likeness (QED) is 0.767. The van der Waals surface area contributed by atoms with Gasteiger partial charge in [0.05, 0.1) is 11.2 Å². The first-order chi connectivity index (χ1) is 11.5. The molecule has 3 rings (SSSR count). The van der Waals surface area contributed by atoms with Gasteiger partial charge in [-0.25, -0.2) is 0 Å². The first kappa shape index (κ1) is 16.5. The summed E-state index contributed by atoms with van der Waals surface area (Å²) in [6, 6.07) is 6.55. The van der Waals surface area contributed by atoms with Gasteiger partial charge in [0.2, 0.25) is 0 Å². The van der Waals surface area contributed by atoms with E-state index in [-0.39, 0.29) is 11.6 Å². The van der Waals surface area contributed by atoms with Crippen LogP contribution in [0.2, 0.25) is 10.0 Å². The molecule has 124 valence electrons. The number of aryl methyl sites for hydroxylation is 1. The van der Waals surface area contributed by atoms with E-state index >= 15 is 0 Å². The van der Waals surface area contributed by atoms with E-state index in [0.29, 0.717) is 27.9 Å². The normalized spacial score (nSPS) is 10.8. The number of halogens is 2. The lowest BCUT2D eigenvalue weighted by Gasteiger charge is -2.02. The summed E-state index contributed by atoms with van der Waals surface area (Å²) in [5, 5.41) is 11.7. The molecular weight excluding hydrogens is 351 g/mol. The molecule has 0 aliphatic heterocycles. The lowest BCUT2D eigenvalue weighted by molar-refractivity contribution is 0.0942. The summed E-state index contributed by atoms with van der Waals surface area (Å²) in [7, 11) is 1.85. The van der Waals surface area contributed by atoms with Gasteiger partial charge in [0.15, 0.2) is 11.5 Å². The van der Waals surface area contributed by atoms with Crippen molar-refractivity contribution in [1.82, 2.24) is 20.3 Å². The maximum Gasteiger partial charge on any atom is 0.273 e. The second kappa shape index (κ2) is 6.67. The first-order valence-corrected chi connectivity index (χ1v) is 7.89. The van der Waals surface area contributed by atoms with Gasteiger partial charge in [0.25, 0.3) is 5.91 Å². The fraction of sp³-hybridized carbons (Fsp3) is 0.188. The van der Waals surface area contributed by atoms with Crippen molar-refractivity contribution >= 4 is 29.1 Å². The van der Waals surface area contributed by atoms with Gasteiger partial charge in [0.1, 0.15) is 0 Å². The van der Waals surface area contributed by atoms with Crippen molar-refractivity contribution in [3.63, 3.8) is 0 Å². The summed E-state index contributed by atoms with van der Waals surface area (Å²) in [6.07, 6.45) is 1.72. The topological polar surface area (TPSA) is 73.0 Å². The van der Waals surface area contributed by atoms with E-state index < -0.39 is 0 Å². The third kappa shape index (κ3) is 3.29. The molecule has 24 heavy (non-hydrogen) atoms. The van der Waals surface area contributed by atoms with Gasteiger partial charge in [-0.1, -0.05) is 28.4 Å². The molecule has 6 nitrogen and oxygen atoms in total. The van der Waals surface area contributed by atoms with E-state index in [1.807, 2.05) is 14.0 Å². The van der Waals surface area contributed by atoms with Crippen molar-refractivity contribution in [2.24, 2.45) is 7.05 Å². The van der Waals surface area contributed by atoms with Gasteiger partial charge in [-0.15, -0.1) is 0 Å². The highest BCUT2D eigenvalue weighted by Gasteiger charge is 2.16. The van der Waals surface area contributed by atoms with Crippen LogP contribution in [-0.4, -0.2) is 20.8 Å².